The van der Waals surface area contributed by atoms with Crippen molar-refractivity contribution in [1.29, 1.82) is 0 Å². The first-order valence-corrected chi connectivity index (χ1v) is 16.5. The minimum Gasteiger partial charge on any atom is -0.497 e. The van der Waals surface area contributed by atoms with Crippen molar-refractivity contribution in [2.45, 2.75) is 37.4 Å². The lowest BCUT2D eigenvalue weighted by Gasteiger charge is -2.40. The number of unbranched alkanes of at least 4 members (excludes halogenated alkanes) is 1. The summed E-state index contributed by atoms with van der Waals surface area (Å²) in [5.74, 6) is 2.97. The minimum absolute atomic E-state index is 0.00827. The standard InChI is InChI=1S/C36H37N5O4S/c1-26-25-39(21-22-40(26)35(43)29-15-13-28(14-16-29)27-9-4-3-5-10-27)33(42)12-6-7-24-46-36-38-37-34(32-11-8-23-45-32)41(36)30-17-19-31(44-2)20-18-30/h3-5,8-11,13-20,23,26H,6-7,12,21-22,24-25H2,1-2H3. The van der Waals surface area contributed by atoms with E-state index in [0.29, 0.717) is 43.2 Å². The third-order valence-corrected chi connectivity index (χ3v) is 9.22. The van der Waals surface area contributed by atoms with E-state index >= 15 is 0 Å². The van der Waals surface area contributed by atoms with Crippen LogP contribution in [0.1, 0.15) is 36.5 Å². The highest BCUT2D eigenvalue weighted by molar-refractivity contribution is 7.99. The molecule has 1 atom stereocenters. The molecule has 0 spiro atoms. The third kappa shape index (κ3) is 7.02. The maximum absolute atomic E-state index is 13.3. The van der Waals surface area contributed by atoms with Gasteiger partial charge in [0.2, 0.25) is 11.7 Å². The zero-order valence-corrected chi connectivity index (χ0v) is 26.9. The Hall–Kier alpha value is -4.83. The lowest BCUT2D eigenvalue weighted by Crippen LogP contribution is -2.55. The van der Waals surface area contributed by atoms with Crippen LogP contribution in [0.4, 0.5) is 0 Å². The van der Waals surface area contributed by atoms with Gasteiger partial charge in [0, 0.05) is 43.4 Å². The highest BCUT2D eigenvalue weighted by Gasteiger charge is 2.30. The number of aromatic nitrogens is 3. The smallest absolute Gasteiger partial charge is 0.254 e. The summed E-state index contributed by atoms with van der Waals surface area (Å²) in [4.78, 5) is 30.2. The number of nitrogens with zero attached hydrogens (tertiary/aromatic N) is 5. The summed E-state index contributed by atoms with van der Waals surface area (Å²) in [6.45, 7) is 3.64. The average Bonchev–Trinajstić information content (AvgIpc) is 3.79. The van der Waals surface area contributed by atoms with E-state index in [0.717, 1.165) is 46.3 Å². The second-order valence-corrected chi connectivity index (χ2v) is 12.3. The van der Waals surface area contributed by atoms with Crippen LogP contribution in [-0.2, 0) is 4.79 Å². The lowest BCUT2D eigenvalue weighted by atomic mass is 10.0. The number of furan rings is 1. The van der Waals surface area contributed by atoms with Gasteiger partial charge >= 0.3 is 0 Å². The summed E-state index contributed by atoms with van der Waals surface area (Å²) in [6, 6.07) is 29.3. The largest absolute Gasteiger partial charge is 0.497 e. The molecular formula is C36H37N5O4S. The van der Waals surface area contributed by atoms with Crippen molar-refractivity contribution < 1.29 is 18.7 Å². The van der Waals surface area contributed by atoms with Crippen LogP contribution in [0.3, 0.4) is 0 Å². The van der Waals surface area contributed by atoms with Crippen LogP contribution < -0.4 is 4.74 Å². The molecule has 0 aliphatic carbocycles. The summed E-state index contributed by atoms with van der Waals surface area (Å²) < 4.78 is 12.9. The number of carbonyl (C=O) groups is 2. The van der Waals surface area contributed by atoms with E-state index in [2.05, 4.69) is 22.3 Å². The summed E-state index contributed by atoms with van der Waals surface area (Å²) in [5, 5.41) is 9.61. The fourth-order valence-corrected chi connectivity index (χ4v) is 6.63. The molecule has 9 nitrogen and oxygen atoms in total. The molecule has 1 saturated heterocycles. The van der Waals surface area contributed by atoms with Crippen LogP contribution in [0.2, 0.25) is 0 Å². The van der Waals surface area contributed by atoms with Gasteiger partial charge in [0.15, 0.2) is 10.9 Å². The summed E-state index contributed by atoms with van der Waals surface area (Å²) >= 11 is 1.61. The maximum atomic E-state index is 13.3. The molecule has 5 aromatic rings. The summed E-state index contributed by atoms with van der Waals surface area (Å²) in [7, 11) is 1.64. The van der Waals surface area contributed by atoms with Crippen molar-refractivity contribution in [3.63, 3.8) is 0 Å². The highest BCUT2D eigenvalue weighted by Crippen LogP contribution is 2.30. The van der Waals surface area contributed by atoms with E-state index in [4.69, 9.17) is 9.15 Å². The molecule has 10 heteroatoms. The number of hydrogen-bond acceptors (Lipinski definition) is 7. The molecule has 2 aromatic heterocycles. The van der Waals surface area contributed by atoms with E-state index < -0.39 is 0 Å². The van der Waals surface area contributed by atoms with E-state index in [9.17, 15) is 9.59 Å². The number of thioether (sulfide) groups is 1. The van der Waals surface area contributed by atoms with Crippen LogP contribution >= 0.6 is 11.8 Å². The molecule has 3 aromatic carbocycles. The molecule has 1 aliphatic heterocycles. The molecule has 1 aliphatic rings. The second-order valence-electron chi connectivity index (χ2n) is 11.3. The number of ether oxygens (including phenoxy) is 1. The number of amides is 2. The summed E-state index contributed by atoms with van der Waals surface area (Å²) in [5.41, 5.74) is 3.78. The predicted octanol–water partition coefficient (Wildman–Crippen LogP) is 6.84. The number of hydrogen-bond donors (Lipinski definition) is 0. The Labute approximate surface area is 273 Å². The fourth-order valence-electron chi connectivity index (χ4n) is 5.68. The van der Waals surface area contributed by atoms with Gasteiger partial charge in [-0.1, -0.05) is 54.2 Å². The predicted molar refractivity (Wildman–Crippen MR) is 179 cm³/mol. The first-order chi connectivity index (χ1) is 22.5. The Morgan fingerprint density at radius 3 is 2.35 bits per heavy atom. The first kappa shape index (κ1) is 31.2. The van der Waals surface area contributed by atoms with Crippen LogP contribution in [-0.4, -0.2) is 74.9 Å². The Balaban J connectivity index is 0.983. The van der Waals surface area contributed by atoms with Crippen molar-refractivity contribution in [2.24, 2.45) is 0 Å². The van der Waals surface area contributed by atoms with Crippen molar-refractivity contribution in [3.05, 3.63) is 103 Å². The Bertz CT molecular complexity index is 1740. The number of rotatable bonds is 11. The van der Waals surface area contributed by atoms with Crippen LogP contribution in [0.25, 0.3) is 28.4 Å². The Morgan fingerprint density at radius 2 is 1.65 bits per heavy atom. The normalized spacial score (nSPS) is 14.8. The number of carbonyl (C=O) groups excluding carboxylic acids is 2. The molecule has 0 saturated carbocycles. The van der Waals surface area contributed by atoms with Gasteiger partial charge in [-0.2, -0.15) is 0 Å². The van der Waals surface area contributed by atoms with E-state index in [1.54, 1.807) is 25.1 Å². The minimum atomic E-state index is -0.0535. The zero-order valence-electron chi connectivity index (χ0n) is 26.0. The average molecular weight is 636 g/mol. The zero-order chi connectivity index (χ0) is 31.9. The van der Waals surface area contributed by atoms with Crippen molar-refractivity contribution >= 4 is 23.6 Å². The molecule has 6 rings (SSSR count). The van der Waals surface area contributed by atoms with E-state index in [-0.39, 0.29) is 17.9 Å². The van der Waals surface area contributed by atoms with Gasteiger partial charge in [-0.25, -0.2) is 0 Å². The monoisotopic (exact) mass is 635 g/mol. The fraction of sp³-hybridized carbons (Fsp3) is 0.278. The summed E-state index contributed by atoms with van der Waals surface area (Å²) in [6.07, 6.45) is 3.73. The third-order valence-electron chi connectivity index (χ3n) is 8.20. The molecule has 0 N–H and O–H groups in total. The van der Waals surface area contributed by atoms with Crippen molar-refractivity contribution in [3.8, 4) is 34.1 Å². The molecule has 2 amide bonds. The van der Waals surface area contributed by atoms with Crippen molar-refractivity contribution in [1.82, 2.24) is 24.6 Å². The van der Waals surface area contributed by atoms with Crippen LogP contribution in [0.15, 0.2) is 107 Å². The first-order valence-electron chi connectivity index (χ1n) is 15.5. The molecule has 1 fully saturated rings. The Kier molecular flexibility index (Phi) is 9.83. The molecular weight excluding hydrogens is 598 g/mol. The van der Waals surface area contributed by atoms with Gasteiger partial charge < -0.3 is 19.0 Å². The topological polar surface area (TPSA) is 93.7 Å². The van der Waals surface area contributed by atoms with Crippen molar-refractivity contribution in [2.75, 3.05) is 32.5 Å². The van der Waals surface area contributed by atoms with Gasteiger partial charge in [-0.3, -0.25) is 14.2 Å². The lowest BCUT2D eigenvalue weighted by molar-refractivity contribution is -0.133. The maximum Gasteiger partial charge on any atom is 0.254 e. The van der Waals surface area contributed by atoms with Gasteiger partial charge in [0.1, 0.15) is 5.75 Å². The second kappa shape index (κ2) is 14.5. The van der Waals surface area contributed by atoms with Gasteiger partial charge in [0.05, 0.1) is 19.1 Å². The molecule has 0 radical (unpaired) electrons. The SMILES string of the molecule is COc1ccc(-n2c(SCCCCC(=O)N3CCN(C(=O)c4ccc(-c5ccccc5)cc4)C(C)C3)nnc2-c2ccco2)cc1. The van der Waals surface area contributed by atoms with Crippen LogP contribution in [0, 0.1) is 0 Å². The van der Waals surface area contributed by atoms with E-state index in [1.165, 1.54) is 0 Å². The van der Waals surface area contributed by atoms with E-state index in [1.807, 2.05) is 100 Å². The highest BCUT2D eigenvalue weighted by atomic mass is 32.2. The molecule has 236 valence electrons. The molecule has 0 bridgehead atoms. The number of methoxy groups -OCH3 is 1. The van der Waals surface area contributed by atoms with Crippen LogP contribution in [0.5, 0.6) is 5.75 Å². The number of benzene rings is 3. The number of piperazine rings is 1. The molecule has 1 unspecified atom stereocenters. The molecule has 3 heterocycles. The Morgan fingerprint density at radius 1 is 0.891 bits per heavy atom. The van der Waals surface area contributed by atoms with Gasteiger partial charge in [-0.05, 0) is 79.4 Å². The van der Waals surface area contributed by atoms with Gasteiger partial charge in [-0.15, -0.1) is 10.2 Å². The quantitative estimate of drug-likeness (QED) is 0.116. The molecule has 46 heavy (non-hydrogen) atoms. The van der Waals surface area contributed by atoms with Gasteiger partial charge in [0.25, 0.3) is 5.91 Å².